The van der Waals surface area contributed by atoms with E-state index in [4.69, 9.17) is 0 Å². The van der Waals surface area contributed by atoms with Gasteiger partial charge in [-0.05, 0) is 27.2 Å². The van der Waals surface area contributed by atoms with Crippen LogP contribution in [0, 0.1) is 0 Å². The molecule has 108 valence electrons. The van der Waals surface area contributed by atoms with Gasteiger partial charge in [0.1, 0.15) is 11.0 Å². The zero-order valence-electron chi connectivity index (χ0n) is 11.6. The van der Waals surface area contributed by atoms with Crippen LogP contribution in [0.15, 0.2) is 14.9 Å². The molecule has 1 atom stereocenters. The Hall–Kier alpha value is -0.600. The number of hydrogen-bond donors (Lipinski definition) is 0. The lowest BCUT2D eigenvalue weighted by Gasteiger charge is -2.14. The summed E-state index contributed by atoms with van der Waals surface area (Å²) in [5.41, 5.74) is 0.626. The monoisotopic (exact) mass is 322 g/mol. The fourth-order valence-electron chi connectivity index (χ4n) is 1.08. The smallest absolute Gasteiger partial charge is 0.209 e. The average molecular weight is 322 g/mol. The molecule has 0 fully saturated rings. The van der Waals surface area contributed by atoms with Crippen molar-refractivity contribution in [2.24, 2.45) is 4.40 Å². The van der Waals surface area contributed by atoms with Gasteiger partial charge in [-0.25, -0.2) is 17.6 Å². The lowest BCUT2D eigenvalue weighted by atomic mass is 10.3. The van der Waals surface area contributed by atoms with Gasteiger partial charge >= 0.3 is 0 Å². The van der Waals surface area contributed by atoms with Gasteiger partial charge in [-0.15, -0.1) is 11.3 Å². The van der Waals surface area contributed by atoms with Crippen molar-refractivity contribution in [2.75, 3.05) is 6.26 Å². The molecule has 5 nitrogen and oxygen atoms in total. The lowest BCUT2D eigenvalue weighted by Crippen LogP contribution is -2.20. The molecular weight excluding hydrogens is 304 g/mol. The third-order valence-electron chi connectivity index (χ3n) is 2.14. The van der Waals surface area contributed by atoms with Gasteiger partial charge in [0.25, 0.3) is 0 Å². The fourth-order valence-corrected chi connectivity index (χ4v) is 3.67. The molecule has 1 aromatic heterocycles. The van der Waals surface area contributed by atoms with E-state index in [-0.39, 0.29) is 4.34 Å². The SMILES string of the molecule is CC/C(=N\[S@](=O)C(C)(C)C)c1cnc(S(C)(=O)=O)s1. The first-order valence-electron chi connectivity index (χ1n) is 5.71. The molecule has 0 N–H and O–H groups in total. The van der Waals surface area contributed by atoms with E-state index in [1.807, 2.05) is 27.7 Å². The van der Waals surface area contributed by atoms with Crippen molar-refractivity contribution in [3.8, 4) is 0 Å². The Morgan fingerprint density at radius 2 is 2.05 bits per heavy atom. The van der Waals surface area contributed by atoms with Crippen LogP contribution >= 0.6 is 11.3 Å². The van der Waals surface area contributed by atoms with Crippen LogP contribution in [0.4, 0.5) is 0 Å². The Morgan fingerprint density at radius 3 is 2.42 bits per heavy atom. The summed E-state index contributed by atoms with van der Waals surface area (Å²) in [5.74, 6) is 0. The number of sulfone groups is 1. The molecule has 1 aromatic rings. The summed E-state index contributed by atoms with van der Waals surface area (Å²) >= 11 is 1.06. The van der Waals surface area contributed by atoms with E-state index in [9.17, 15) is 12.6 Å². The van der Waals surface area contributed by atoms with Gasteiger partial charge in [0.05, 0.1) is 15.3 Å². The van der Waals surface area contributed by atoms with Crippen LogP contribution in [0.5, 0.6) is 0 Å². The van der Waals surface area contributed by atoms with Gasteiger partial charge in [-0.3, -0.25) is 0 Å². The van der Waals surface area contributed by atoms with Crippen LogP contribution in [0.1, 0.15) is 39.0 Å². The maximum atomic E-state index is 12.0. The standard InChI is InChI=1S/C11H18N2O3S3/c1-6-8(13-18(14)11(2,3)4)9-7-12-10(17-9)19(5,15)16/h7H,6H2,1-5H3/b13-8+/t18-/m1/s1. The molecule has 0 saturated carbocycles. The Bertz CT molecular complexity index is 609. The summed E-state index contributed by atoms with van der Waals surface area (Å²) < 4.78 is 38.6. The molecule has 8 heteroatoms. The zero-order chi connectivity index (χ0) is 14.8. The van der Waals surface area contributed by atoms with Crippen LogP contribution in [-0.4, -0.2) is 34.3 Å². The summed E-state index contributed by atoms with van der Waals surface area (Å²) in [4.78, 5) is 4.53. The highest BCUT2D eigenvalue weighted by atomic mass is 32.2. The average Bonchev–Trinajstić information content (AvgIpc) is 2.72. The van der Waals surface area contributed by atoms with Gasteiger partial charge in [0.15, 0.2) is 0 Å². The van der Waals surface area contributed by atoms with Gasteiger partial charge in [-0.2, -0.15) is 4.40 Å². The quantitative estimate of drug-likeness (QED) is 0.796. The summed E-state index contributed by atoms with van der Waals surface area (Å²) in [6.07, 6.45) is 3.17. The maximum Gasteiger partial charge on any atom is 0.209 e. The summed E-state index contributed by atoms with van der Waals surface area (Å²) in [6, 6.07) is 0. The van der Waals surface area contributed by atoms with Crippen LogP contribution in [-0.2, 0) is 20.8 Å². The lowest BCUT2D eigenvalue weighted by molar-refractivity contribution is 0.601. The third kappa shape index (κ3) is 4.47. The molecule has 0 amide bonds. The summed E-state index contributed by atoms with van der Waals surface area (Å²) in [7, 11) is -4.67. The van der Waals surface area contributed by atoms with Gasteiger partial charge in [-0.1, -0.05) is 6.92 Å². The van der Waals surface area contributed by atoms with E-state index in [0.29, 0.717) is 17.0 Å². The minimum atomic E-state index is -3.30. The highest BCUT2D eigenvalue weighted by Gasteiger charge is 2.21. The maximum absolute atomic E-state index is 12.0. The van der Waals surface area contributed by atoms with Crippen molar-refractivity contribution in [2.45, 2.75) is 43.2 Å². The summed E-state index contributed by atoms with van der Waals surface area (Å²) in [6.45, 7) is 7.41. The first-order valence-corrected chi connectivity index (χ1v) is 9.53. The molecule has 19 heavy (non-hydrogen) atoms. The molecule has 0 unspecified atom stereocenters. The molecule has 0 aliphatic rings. The highest BCUT2D eigenvalue weighted by molar-refractivity contribution is 7.92. The third-order valence-corrected chi connectivity index (χ3v) is 6.31. The molecule has 0 bridgehead atoms. The van der Waals surface area contributed by atoms with Crippen molar-refractivity contribution < 1.29 is 12.6 Å². The van der Waals surface area contributed by atoms with E-state index in [0.717, 1.165) is 17.6 Å². The Balaban J connectivity index is 3.15. The summed E-state index contributed by atoms with van der Waals surface area (Å²) in [5, 5.41) is 0. The van der Waals surface area contributed by atoms with Gasteiger partial charge in [0, 0.05) is 12.5 Å². The fraction of sp³-hybridized carbons (Fsp3) is 0.636. The Kier molecular flexibility index (Phi) is 5.02. The molecule has 0 aliphatic carbocycles. The second-order valence-electron chi connectivity index (χ2n) is 5.02. The number of hydrogen-bond acceptors (Lipinski definition) is 5. The first kappa shape index (κ1) is 16.5. The molecule has 1 heterocycles. The number of aromatic nitrogens is 1. The minimum Gasteiger partial charge on any atom is -0.234 e. The first-order chi connectivity index (χ1) is 8.55. The predicted octanol–water partition coefficient (Wildman–Crippen LogP) is 2.21. The Labute approximate surface area is 120 Å². The van der Waals surface area contributed by atoms with E-state index in [1.54, 1.807) is 0 Å². The van der Waals surface area contributed by atoms with Crippen molar-refractivity contribution in [3.63, 3.8) is 0 Å². The number of rotatable bonds is 4. The number of thiazole rings is 1. The zero-order valence-corrected chi connectivity index (χ0v) is 14.1. The molecule has 0 aliphatic heterocycles. The predicted molar refractivity (Wildman–Crippen MR) is 79.9 cm³/mol. The van der Waals surface area contributed by atoms with E-state index < -0.39 is 25.6 Å². The van der Waals surface area contributed by atoms with Crippen LogP contribution in [0.3, 0.4) is 0 Å². The molecule has 0 radical (unpaired) electrons. The molecular formula is C11H18N2O3S3. The van der Waals surface area contributed by atoms with Gasteiger partial charge < -0.3 is 0 Å². The van der Waals surface area contributed by atoms with Crippen molar-refractivity contribution >= 4 is 37.9 Å². The van der Waals surface area contributed by atoms with Gasteiger partial charge in [0.2, 0.25) is 14.2 Å². The van der Waals surface area contributed by atoms with Crippen molar-refractivity contribution in [1.29, 1.82) is 0 Å². The second-order valence-corrected chi connectivity index (χ2v) is 10.1. The van der Waals surface area contributed by atoms with E-state index >= 15 is 0 Å². The van der Waals surface area contributed by atoms with Crippen molar-refractivity contribution in [1.82, 2.24) is 4.98 Å². The molecule has 0 spiro atoms. The van der Waals surface area contributed by atoms with Crippen LogP contribution in [0.25, 0.3) is 0 Å². The minimum absolute atomic E-state index is 0.0604. The Morgan fingerprint density at radius 1 is 1.47 bits per heavy atom. The second kappa shape index (κ2) is 5.80. The molecule has 0 aromatic carbocycles. The normalized spacial score (nSPS) is 15.5. The van der Waals surface area contributed by atoms with Crippen LogP contribution < -0.4 is 0 Å². The van der Waals surface area contributed by atoms with Crippen molar-refractivity contribution in [3.05, 3.63) is 11.1 Å². The van der Waals surface area contributed by atoms with Crippen LogP contribution in [0.2, 0.25) is 0 Å². The highest BCUT2D eigenvalue weighted by Crippen LogP contribution is 2.21. The molecule has 1 rings (SSSR count). The van der Waals surface area contributed by atoms with E-state index in [2.05, 4.69) is 9.38 Å². The van der Waals surface area contributed by atoms with E-state index in [1.165, 1.54) is 6.20 Å². The topological polar surface area (TPSA) is 76.5 Å². The molecule has 0 saturated heterocycles. The largest absolute Gasteiger partial charge is 0.234 e. The number of nitrogens with zero attached hydrogens (tertiary/aromatic N) is 2.